The van der Waals surface area contributed by atoms with Crippen LogP contribution in [-0.2, 0) is 6.42 Å². The average molecular weight is 201 g/mol. The molecular formula is C9H15NO2S. The first kappa shape index (κ1) is 10.6. The summed E-state index contributed by atoms with van der Waals surface area (Å²) in [5.74, 6) is -0.0649. The molecule has 0 amide bonds. The first-order valence-corrected chi connectivity index (χ1v) is 5.13. The van der Waals surface area contributed by atoms with Gasteiger partial charge in [0.1, 0.15) is 0 Å². The van der Waals surface area contributed by atoms with Crippen molar-refractivity contribution in [1.29, 1.82) is 0 Å². The summed E-state index contributed by atoms with van der Waals surface area (Å²) in [4.78, 5) is 5.55. The molecule has 74 valence electrons. The molecule has 1 heterocycles. The number of aliphatic hydroxyl groups excluding tert-OH is 2. The Hall–Kier alpha value is -0.450. The molecule has 0 radical (unpaired) electrons. The second kappa shape index (κ2) is 4.69. The molecule has 0 aromatic carbocycles. The molecule has 0 saturated carbocycles. The highest BCUT2D eigenvalue weighted by Crippen LogP contribution is 2.19. The minimum absolute atomic E-state index is 0.0220. The second-order valence-corrected chi connectivity index (χ2v) is 4.47. The molecule has 1 aromatic rings. The molecule has 2 N–H and O–H groups in total. The molecule has 4 heteroatoms. The molecule has 1 aromatic heterocycles. The van der Waals surface area contributed by atoms with Crippen LogP contribution >= 0.6 is 11.3 Å². The maximum atomic E-state index is 8.88. The van der Waals surface area contributed by atoms with Gasteiger partial charge >= 0.3 is 0 Å². The van der Waals surface area contributed by atoms with E-state index in [2.05, 4.69) is 4.98 Å². The Morgan fingerprint density at radius 3 is 2.31 bits per heavy atom. The van der Waals surface area contributed by atoms with Crippen molar-refractivity contribution in [2.24, 2.45) is 5.92 Å². The number of rotatable bonds is 4. The third-order valence-electron chi connectivity index (χ3n) is 2.05. The quantitative estimate of drug-likeness (QED) is 0.761. The van der Waals surface area contributed by atoms with E-state index in [9.17, 15) is 0 Å². The highest BCUT2D eigenvalue weighted by atomic mass is 32.1. The van der Waals surface area contributed by atoms with Crippen molar-refractivity contribution in [3.05, 3.63) is 15.6 Å². The van der Waals surface area contributed by atoms with Crippen LogP contribution in [0.4, 0.5) is 0 Å². The van der Waals surface area contributed by atoms with Crippen LogP contribution in [0.3, 0.4) is 0 Å². The Labute approximate surface area is 82.1 Å². The van der Waals surface area contributed by atoms with Gasteiger partial charge in [0.15, 0.2) is 0 Å². The Kier molecular flexibility index (Phi) is 3.84. The Balaban J connectivity index is 2.62. The molecule has 0 atom stereocenters. The lowest BCUT2D eigenvalue weighted by Gasteiger charge is -2.06. The topological polar surface area (TPSA) is 53.4 Å². The summed E-state index contributed by atoms with van der Waals surface area (Å²) < 4.78 is 0. The van der Waals surface area contributed by atoms with Crippen LogP contribution in [0.15, 0.2) is 0 Å². The van der Waals surface area contributed by atoms with Crippen LogP contribution in [0, 0.1) is 19.8 Å². The number of nitrogens with zero attached hydrogens (tertiary/aromatic N) is 1. The summed E-state index contributed by atoms with van der Waals surface area (Å²) in [6, 6.07) is 0. The largest absolute Gasteiger partial charge is 0.396 e. The molecule has 0 bridgehead atoms. The number of hydrogen-bond acceptors (Lipinski definition) is 4. The Morgan fingerprint density at radius 2 is 1.92 bits per heavy atom. The van der Waals surface area contributed by atoms with E-state index < -0.39 is 0 Å². The lowest BCUT2D eigenvalue weighted by Crippen LogP contribution is -2.13. The van der Waals surface area contributed by atoms with Crippen molar-refractivity contribution in [1.82, 2.24) is 4.98 Å². The summed E-state index contributed by atoms with van der Waals surface area (Å²) in [6.07, 6.45) is 0.673. The number of hydrogen-bond donors (Lipinski definition) is 2. The molecular weight excluding hydrogens is 186 g/mol. The molecule has 0 aliphatic heterocycles. The number of aliphatic hydroxyl groups is 2. The third kappa shape index (κ3) is 2.76. The minimum atomic E-state index is -0.0649. The van der Waals surface area contributed by atoms with E-state index in [0.29, 0.717) is 6.42 Å². The fourth-order valence-corrected chi connectivity index (χ4v) is 2.11. The second-order valence-electron chi connectivity index (χ2n) is 3.18. The van der Waals surface area contributed by atoms with Crippen LogP contribution in [0.1, 0.15) is 15.6 Å². The van der Waals surface area contributed by atoms with E-state index in [4.69, 9.17) is 10.2 Å². The lowest BCUT2D eigenvalue weighted by molar-refractivity contribution is 0.150. The molecule has 3 nitrogen and oxygen atoms in total. The maximum absolute atomic E-state index is 8.88. The van der Waals surface area contributed by atoms with E-state index in [1.165, 1.54) is 4.88 Å². The van der Waals surface area contributed by atoms with Gasteiger partial charge in [-0.05, 0) is 13.8 Å². The van der Waals surface area contributed by atoms with Gasteiger partial charge in [-0.15, -0.1) is 11.3 Å². The van der Waals surface area contributed by atoms with Gasteiger partial charge in [0.25, 0.3) is 0 Å². The number of aryl methyl sites for hydroxylation is 2. The van der Waals surface area contributed by atoms with Crippen molar-refractivity contribution < 1.29 is 10.2 Å². The number of aromatic nitrogens is 1. The van der Waals surface area contributed by atoms with E-state index in [1.807, 2.05) is 13.8 Å². The first-order valence-electron chi connectivity index (χ1n) is 4.32. The number of thiazole rings is 1. The fourth-order valence-electron chi connectivity index (χ4n) is 1.06. The van der Waals surface area contributed by atoms with Gasteiger partial charge in [0.2, 0.25) is 0 Å². The van der Waals surface area contributed by atoms with Crippen molar-refractivity contribution in [3.8, 4) is 0 Å². The van der Waals surface area contributed by atoms with Crippen molar-refractivity contribution in [3.63, 3.8) is 0 Å². The normalized spacial score (nSPS) is 11.2. The fraction of sp³-hybridized carbons (Fsp3) is 0.667. The predicted octanol–water partition coefficient (Wildman–Crippen LogP) is 0.903. The molecule has 0 saturated heterocycles. The standard InChI is InChI=1S/C9H15NO2S/c1-6-7(2)13-9(10-6)3-8(4-11)5-12/h8,11-12H,3-5H2,1-2H3. The van der Waals surface area contributed by atoms with E-state index >= 15 is 0 Å². The van der Waals surface area contributed by atoms with Crippen molar-refractivity contribution >= 4 is 11.3 Å². The summed E-state index contributed by atoms with van der Waals surface area (Å²) in [5.41, 5.74) is 1.05. The highest BCUT2D eigenvalue weighted by Gasteiger charge is 2.10. The van der Waals surface area contributed by atoms with Gasteiger partial charge in [-0.1, -0.05) is 0 Å². The van der Waals surface area contributed by atoms with Crippen LogP contribution in [0.2, 0.25) is 0 Å². The maximum Gasteiger partial charge on any atom is 0.0935 e. The summed E-state index contributed by atoms with van der Waals surface area (Å²) in [6.45, 7) is 4.05. The van der Waals surface area contributed by atoms with Crippen LogP contribution in [-0.4, -0.2) is 28.4 Å². The van der Waals surface area contributed by atoms with Gasteiger partial charge in [-0.3, -0.25) is 0 Å². The summed E-state index contributed by atoms with van der Waals surface area (Å²) >= 11 is 1.64. The lowest BCUT2D eigenvalue weighted by atomic mass is 10.1. The molecule has 0 fully saturated rings. The Bertz CT molecular complexity index is 249. The molecule has 0 spiro atoms. The summed E-state index contributed by atoms with van der Waals surface area (Å²) in [7, 11) is 0. The smallest absolute Gasteiger partial charge is 0.0935 e. The SMILES string of the molecule is Cc1nc(CC(CO)CO)sc1C. The van der Waals surface area contributed by atoms with E-state index in [0.717, 1.165) is 10.7 Å². The van der Waals surface area contributed by atoms with Gasteiger partial charge in [0, 0.05) is 30.4 Å². The predicted molar refractivity (Wildman–Crippen MR) is 53.0 cm³/mol. The molecule has 0 aliphatic carbocycles. The van der Waals surface area contributed by atoms with Crippen LogP contribution in [0.25, 0.3) is 0 Å². The zero-order valence-corrected chi connectivity index (χ0v) is 8.77. The van der Waals surface area contributed by atoms with Gasteiger partial charge in [0.05, 0.1) is 10.7 Å². The molecule has 1 rings (SSSR count). The van der Waals surface area contributed by atoms with Gasteiger partial charge in [-0.25, -0.2) is 4.98 Å². The molecule has 13 heavy (non-hydrogen) atoms. The van der Waals surface area contributed by atoms with Crippen LogP contribution in [0.5, 0.6) is 0 Å². The third-order valence-corrected chi connectivity index (χ3v) is 3.15. The summed E-state index contributed by atoms with van der Waals surface area (Å²) in [5, 5.41) is 18.8. The van der Waals surface area contributed by atoms with Crippen molar-refractivity contribution in [2.75, 3.05) is 13.2 Å². The average Bonchev–Trinajstić information content (AvgIpc) is 2.42. The molecule has 0 unspecified atom stereocenters. The van der Waals surface area contributed by atoms with Crippen LogP contribution < -0.4 is 0 Å². The van der Waals surface area contributed by atoms with Gasteiger partial charge in [-0.2, -0.15) is 0 Å². The first-order chi connectivity index (χ1) is 6.17. The Morgan fingerprint density at radius 1 is 1.31 bits per heavy atom. The molecule has 0 aliphatic rings. The minimum Gasteiger partial charge on any atom is -0.396 e. The highest BCUT2D eigenvalue weighted by molar-refractivity contribution is 7.11. The van der Waals surface area contributed by atoms with E-state index in [1.54, 1.807) is 11.3 Å². The van der Waals surface area contributed by atoms with E-state index in [-0.39, 0.29) is 19.1 Å². The van der Waals surface area contributed by atoms with Gasteiger partial charge < -0.3 is 10.2 Å². The monoisotopic (exact) mass is 201 g/mol. The zero-order chi connectivity index (χ0) is 9.84. The zero-order valence-electron chi connectivity index (χ0n) is 7.95. The van der Waals surface area contributed by atoms with Crippen molar-refractivity contribution in [2.45, 2.75) is 20.3 Å².